The van der Waals surface area contributed by atoms with Gasteiger partial charge in [0.25, 0.3) is 0 Å². The summed E-state index contributed by atoms with van der Waals surface area (Å²) in [4.78, 5) is 4.40. The average molecular weight is 336 g/mol. The molecule has 0 aliphatic heterocycles. The fourth-order valence-electron chi connectivity index (χ4n) is 2.13. The lowest BCUT2D eigenvalue weighted by Crippen LogP contribution is -2.06. The monoisotopic (exact) mass is 335 g/mol. The summed E-state index contributed by atoms with van der Waals surface area (Å²) in [5, 5.41) is 1.42. The molecule has 0 atom stereocenters. The van der Waals surface area contributed by atoms with E-state index in [0.717, 1.165) is 17.5 Å². The van der Waals surface area contributed by atoms with Crippen molar-refractivity contribution in [2.24, 2.45) is 0 Å². The quantitative estimate of drug-likeness (QED) is 0.680. The molecule has 0 N–H and O–H groups in total. The number of sulfone groups is 1. The van der Waals surface area contributed by atoms with E-state index in [1.165, 1.54) is 12.1 Å². The summed E-state index contributed by atoms with van der Waals surface area (Å²) in [6.07, 6.45) is 0. The van der Waals surface area contributed by atoms with Crippen LogP contribution in [0.1, 0.15) is 5.69 Å². The first-order valence-electron chi connectivity index (χ1n) is 6.47. The van der Waals surface area contributed by atoms with E-state index in [2.05, 4.69) is 4.98 Å². The molecule has 0 aliphatic carbocycles. The number of hydrogen-bond acceptors (Lipinski definition) is 3. The number of benzene rings is 2. The molecule has 0 radical (unpaired) electrons. The molecule has 3 aromatic rings. The van der Waals surface area contributed by atoms with Crippen molar-refractivity contribution < 1.29 is 12.8 Å². The largest absolute Gasteiger partial charge is 0.252 e. The van der Waals surface area contributed by atoms with Crippen molar-refractivity contribution >= 4 is 32.3 Å². The summed E-state index contributed by atoms with van der Waals surface area (Å²) in [7, 11) is -3.57. The Morgan fingerprint density at radius 1 is 1.00 bits per heavy atom. The number of rotatable bonds is 3. The van der Waals surface area contributed by atoms with E-state index >= 15 is 0 Å². The molecule has 0 spiro atoms. The molecule has 3 nitrogen and oxygen atoms in total. The van der Waals surface area contributed by atoms with Crippen LogP contribution >= 0.6 is 11.6 Å². The topological polar surface area (TPSA) is 47.0 Å². The second-order valence-corrected chi connectivity index (χ2v) is 7.28. The van der Waals surface area contributed by atoms with E-state index in [1.807, 2.05) is 6.07 Å². The summed E-state index contributed by atoms with van der Waals surface area (Å²) in [6.45, 7) is 0. The van der Waals surface area contributed by atoms with Gasteiger partial charge in [0.1, 0.15) is 5.82 Å². The summed E-state index contributed by atoms with van der Waals surface area (Å²) in [5.74, 6) is -0.724. The molecule has 0 saturated heterocycles. The lowest BCUT2D eigenvalue weighted by atomic mass is 10.2. The predicted octanol–water partition coefficient (Wildman–Crippen LogP) is 4.00. The molecule has 6 heteroatoms. The maximum absolute atomic E-state index is 12.9. The lowest BCUT2D eigenvalue weighted by Gasteiger charge is -2.06. The van der Waals surface area contributed by atoms with E-state index in [-0.39, 0.29) is 10.6 Å². The van der Waals surface area contributed by atoms with E-state index in [1.54, 1.807) is 24.3 Å². The fraction of sp³-hybridized carbons (Fsp3) is 0.0625. The summed E-state index contributed by atoms with van der Waals surface area (Å²) < 4.78 is 37.5. The van der Waals surface area contributed by atoms with Crippen LogP contribution < -0.4 is 0 Å². The zero-order valence-corrected chi connectivity index (χ0v) is 12.9. The van der Waals surface area contributed by atoms with Gasteiger partial charge in [-0.25, -0.2) is 12.8 Å². The number of halogens is 2. The van der Waals surface area contributed by atoms with Gasteiger partial charge in [0, 0.05) is 10.4 Å². The van der Waals surface area contributed by atoms with Crippen molar-refractivity contribution in [3.05, 3.63) is 71.1 Å². The Bertz CT molecular complexity index is 940. The molecule has 0 bridgehead atoms. The predicted molar refractivity (Wildman–Crippen MR) is 84.0 cm³/mol. The average Bonchev–Trinajstić information content (AvgIpc) is 2.47. The molecule has 0 unspecified atom stereocenters. The van der Waals surface area contributed by atoms with Crippen molar-refractivity contribution in [1.29, 1.82) is 0 Å². The van der Waals surface area contributed by atoms with E-state index in [4.69, 9.17) is 11.6 Å². The number of aromatic nitrogens is 1. The van der Waals surface area contributed by atoms with Gasteiger partial charge in [-0.2, -0.15) is 0 Å². The molecule has 112 valence electrons. The standard InChI is InChI=1S/C16H11ClFNO2S/c17-12-3-1-11-2-6-14(19-16(11)9-12)10-22(20,21)15-7-4-13(18)5-8-15/h1-9H,10H2. The summed E-state index contributed by atoms with van der Waals surface area (Å²) in [6, 6.07) is 13.5. The Morgan fingerprint density at radius 3 is 2.41 bits per heavy atom. The number of pyridine rings is 1. The highest BCUT2D eigenvalue weighted by Gasteiger charge is 2.16. The molecule has 2 aromatic carbocycles. The molecule has 3 rings (SSSR count). The maximum Gasteiger partial charge on any atom is 0.184 e. The first kappa shape index (κ1) is 14.9. The third-order valence-corrected chi connectivity index (χ3v) is 5.12. The van der Waals surface area contributed by atoms with Gasteiger partial charge in [0.2, 0.25) is 0 Å². The number of nitrogens with zero attached hydrogens (tertiary/aromatic N) is 1. The molecule has 1 heterocycles. The SMILES string of the molecule is O=S(=O)(Cc1ccc2ccc(Cl)cc2n1)c1ccc(F)cc1. The maximum atomic E-state index is 12.9. The fourth-order valence-corrected chi connectivity index (χ4v) is 3.57. The van der Waals surface area contributed by atoms with Crippen LogP contribution in [-0.4, -0.2) is 13.4 Å². The second-order valence-electron chi connectivity index (χ2n) is 4.85. The van der Waals surface area contributed by atoms with E-state index in [9.17, 15) is 12.8 Å². The molecular weight excluding hydrogens is 325 g/mol. The van der Waals surface area contributed by atoms with Crippen molar-refractivity contribution in [1.82, 2.24) is 4.98 Å². The lowest BCUT2D eigenvalue weighted by molar-refractivity contribution is 0.593. The Labute approximate surface area is 132 Å². The van der Waals surface area contributed by atoms with E-state index < -0.39 is 15.7 Å². The van der Waals surface area contributed by atoms with Crippen molar-refractivity contribution in [3.8, 4) is 0 Å². The molecular formula is C16H11ClFNO2S. The first-order valence-corrected chi connectivity index (χ1v) is 8.51. The van der Waals surface area contributed by atoms with Crippen LogP contribution in [0.15, 0.2) is 59.5 Å². The zero-order chi connectivity index (χ0) is 15.7. The van der Waals surface area contributed by atoms with Crippen molar-refractivity contribution in [3.63, 3.8) is 0 Å². The third-order valence-electron chi connectivity index (χ3n) is 3.22. The second kappa shape index (κ2) is 5.66. The van der Waals surface area contributed by atoms with Crippen LogP contribution in [0.2, 0.25) is 5.02 Å². The van der Waals surface area contributed by atoms with Gasteiger partial charge in [-0.15, -0.1) is 0 Å². The molecule has 0 fully saturated rings. The van der Waals surface area contributed by atoms with Crippen LogP contribution in [0.5, 0.6) is 0 Å². The van der Waals surface area contributed by atoms with Gasteiger partial charge >= 0.3 is 0 Å². The highest BCUT2D eigenvalue weighted by atomic mass is 35.5. The van der Waals surface area contributed by atoms with Gasteiger partial charge in [-0.3, -0.25) is 4.98 Å². The number of hydrogen-bond donors (Lipinski definition) is 0. The molecule has 22 heavy (non-hydrogen) atoms. The van der Waals surface area contributed by atoms with Crippen LogP contribution in [0.25, 0.3) is 10.9 Å². The van der Waals surface area contributed by atoms with E-state index in [0.29, 0.717) is 16.2 Å². The first-order chi connectivity index (χ1) is 10.4. The van der Waals surface area contributed by atoms with Crippen LogP contribution in [0.3, 0.4) is 0 Å². The van der Waals surface area contributed by atoms with Crippen molar-refractivity contribution in [2.75, 3.05) is 0 Å². The van der Waals surface area contributed by atoms with Crippen LogP contribution in [0.4, 0.5) is 4.39 Å². The van der Waals surface area contributed by atoms with Crippen LogP contribution in [-0.2, 0) is 15.6 Å². The highest BCUT2D eigenvalue weighted by Crippen LogP contribution is 2.21. The Kier molecular flexibility index (Phi) is 3.85. The minimum atomic E-state index is -3.57. The van der Waals surface area contributed by atoms with Gasteiger partial charge in [-0.1, -0.05) is 23.7 Å². The van der Waals surface area contributed by atoms with Crippen LogP contribution in [0, 0.1) is 5.82 Å². The molecule has 0 amide bonds. The van der Waals surface area contributed by atoms with Gasteiger partial charge in [-0.05, 0) is 42.5 Å². The minimum absolute atomic E-state index is 0.0712. The minimum Gasteiger partial charge on any atom is -0.252 e. The van der Waals surface area contributed by atoms with Gasteiger partial charge in [0.15, 0.2) is 9.84 Å². The Balaban J connectivity index is 1.96. The Morgan fingerprint density at radius 2 is 1.68 bits per heavy atom. The highest BCUT2D eigenvalue weighted by molar-refractivity contribution is 7.90. The molecule has 0 aliphatic rings. The summed E-state index contributed by atoms with van der Waals surface area (Å²) in [5.41, 5.74) is 1.05. The molecule has 0 saturated carbocycles. The smallest absolute Gasteiger partial charge is 0.184 e. The van der Waals surface area contributed by atoms with Crippen molar-refractivity contribution in [2.45, 2.75) is 10.6 Å². The molecule has 1 aromatic heterocycles. The normalized spacial score (nSPS) is 11.7. The van der Waals surface area contributed by atoms with Gasteiger partial charge in [0.05, 0.1) is 21.9 Å². The summed E-state index contributed by atoms with van der Waals surface area (Å²) >= 11 is 5.92. The van der Waals surface area contributed by atoms with Gasteiger partial charge < -0.3 is 0 Å². The Hall–Kier alpha value is -1.98. The number of fused-ring (bicyclic) bond motifs is 1. The zero-order valence-electron chi connectivity index (χ0n) is 11.3. The third kappa shape index (κ3) is 3.10.